The molecule has 0 fully saturated rings. The first kappa shape index (κ1) is 16.0. The van der Waals surface area contributed by atoms with Gasteiger partial charge in [0.1, 0.15) is 17.0 Å². The summed E-state index contributed by atoms with van der Waals surface area (Å²) in [5.41, 5.74) is 4.29. The van der Waals surface area contributed by atoms with Gasteiger partial charge in [0.25, 0.3) is 5.91 Å². The summed E-state index contributed by atoms with van der Waals surface area (Å²) in [5, 5.41) is 4.09. The Labute approximate surface area is 141 Å². The van der Waals surface area contributed by atoms with Crippen LogP contribution in [0.3, 0.4) is 0 Å². The van der Waals surface area contributed by atoms with Crippen LogP contribution in [0.1, 0.15) is 27.2 Å². The SMILES string of the molecule is Cc1ccccc1CN(C)C(=O)c1c(-c2ccccc2)noc1C. The number of aromatic nitrogens is 1. The maximum atomic E-state index is 13.0. The van der Waals surface area contributed by atoms with Crippen LogP contribution >= 0.6 is 0 Å². The van der Waals surface area contributed by atoms with Gasteiger partial charge >= 0.3 is 0 Å². The quantitative estimate of drug-likeness (QED) is 0.722. The molecule has 2 aromatic carbocycles. The highest BCUT2D eigenvalue weighted by Crippen LogP contribution is 2.26. The molecule has 3 rings (SSSR count). The molecular weight excluding hydrogens is 300 g/mol. The Balaban J connectivity index is 1.90. The number of carbonyl (C=O) groups is 1. The predicted molar refractivity (Wildman–Crippen MR) is 93.7 cm³/mol. The van der Waals surface area contributed by atoms with E-state index in [-0.39, 0.29) is 5.91 Å². The van der Waals surface area contributed by atoms with E-state index in [2.05, 4.69) is 5.16 Å². The molecule has 0 saturated heterocycles. The Morgan fingerprint density at radius 3 is 2.42 bits per heavy atom. The number of hydrogen-bond donors (Lipinski definition) is 0. The molecule has 1 amide bonds. The third-order valence-corrected chi connectivity index (χ3v) is 4.14. The van der Waals surface area contributed by atoms with Gasteiger partial charge < -0.3 is 9.42 Å². The zero-order valence-electron chi connectivity index (χ0n) is 14.1. The highest BCUT2D eigenvalue weighted by Gasteiger charge is 2.24. The lowest BCUT2D eigenvalue weighted by Gasteiger charge is -2.18. The minimum atomic E-state index is -0.0872. The zero-order chi connectivity index (χ0) is 17.1. The molecule has 0 N–H and O–H groups in total. The van der Waals surface area contributed by atoms with Gasteiger partial charge in [0.15, 0.2) is 0 Å². The number of hydrogen-bond acceptors (Lipinski definition) is 3. The highest BCUT2D eigenvalue weighted by molar-refractivity contribution is 6.00. The van der Waals surface area contributed by atoms with Crippen molar-refractivity contribution in [3.8, 4) is 11.3 Å². The maximum Gasteiger partial charge on any atom is 0.259 e. The average molecular weight is 320 g/mol. The van der Waals surface area contributed by atoms with Crippen molar-refractivity contribution >= 4 is 5.91 Å². The van der Waals surface area contributed by atoms with Crippen LogP contribution in [0, 0.1) is 13.8 Å². The van der Waals surface area contributed by atoms with Crippen LogP contribution in [0.5, 0.6) is 0 Å². The molecule has 0 bridgehead atoms. The van der Waals surface area contributed by atoms with Crippen LogP contribution in [-0.4, -0.2) is 23.0 Å². The molecular formula is C20H20N2O2. The van der Waals surface area contributed by atoms with E-state index in [9.17, 15) is 4.79 Å². The Hall–Kier alpha value is -2.88. The van der Waals surface area contributed by atoms with E-state index in [0.29, 0.717) is 23.6 Å². The molecule has 1 aromatic heterocycles. The molecule has 4 heteroatoms. The molecule has 0 aliphatic heterocycles. The molecule has 3 aromatic rings. The van der Waals surface area contributed by atoms with E-state index in [0.717, 1.165) is 11.1 Å². The fourth-order valence-corrected chi connectivity index (χ4v) is 2.72. The molecule has 0 aliphatic rings. The van der Waals surface area contributed by atoms with Crippen molar-refractivity contribution in [1.29, 1.82) is 0 Å². The van der Waals surface area contributed by atoms with Gasteiger partial charge in [0.2, 0.25) is 0 Å². The monoisotopic (exact) mass is 320 g/mol. The van der Waals surface area contributed by atoms with E-state index in [4.69, 9.17) is 4.52 Å². The maximum absolute atomic E-state index is 13.0. The largest absolute Gasteiger partial charge is 0.360 e. The van der Waals surface area contributed by atoms with Crippen molar-refractivity contribution in [2.45, 2.75) is 20.4 Å². The van der Waals surface area contributed by atoms with Gasteiger partial charge in [0.05, 0.1) is 0 Å². The highest BCUT2D eigenvalue weighted by atomic mass is 16.5. The molecule has 24 heavy (non-hydrogen) atoms. The zero-order valence-corrected chi connectivity index (χ0v) is 14.1. The van der Waals surface area contributed by atoms with Crippen LogP contribution in [0.4, 0.5) is 0 Å². The second-order valence-corrected chi connectivity index (χ2v) is 5.92. The van der Waals surface area contributed by atoms with Crippen LogP contribution < -0.4 is 0 Å². The molecule has 0 radical (unpaired) electrons. The normalized spacial score (nSPS) is 10.6. The third kappa shape index (κ3) is 3.08. The van der Waals surface area contributed by atoms with E-state index in [1.54, 1.807) is 18.9 Å². The number of nitrogens with zero attached hydrogens (tertiary/aromatic N) is 2. The lowest BCUT2D eigenvalue weighted by atomic mass is 10.0. The summed E-state index contributed by atoms with van der Waals surface area (Å²) < 4.78 is 5.30. The smallest absolute Gasteiger partial charge is 0.259 e. The molecule has 1 heterocycles. The number of rotatable bonds is 4. The van der Waals surface area contributed by atoms with Crippen molar-refractivity contribution in [3.63, 3.8) is 0 Å². The Bertz CT molecular complexity index is 853. The summed E-state index contributed by atoms with van der Waals surface area (Å²) >= 11 is 0. The number of carbonyl (C=O) groups excluding carboxylic acids is 1. The molecule has 0 atom stereocenters. The van der Waals surface area contributed by atoms with Crippen LogP contribution in [0.2, 0.25) is 0 Å². The average Bonchev–Trinajstić information content (AvgIpc) is 2.98. The first-order valence-electron chi connectivity index (χ1n) is 7.89. The lowest BCUT2D eigenvalue weighted by Crippen LogP contribution is -2.27. The summed E-state index contributed by atoms with van der Waals surface area (Å²) in [7, 11) is 1.80. The van der Waals surface area contributed by atoms with Gasteiger partial charge in [-0.3, -0.25) is 4.79 Å². The molecule has 4 nitrogen and oxygen atoms in total. The summed E-state index contributed by atoms with van der Waals surface area (Å²) in [6.45, 7) is 4.37. The van der Waals surface area contributed by atoms with Crippen molar-refractivity contribution in [2.75, 3.05) is 7.05 Å². The summed E-state index contributed by atoms with van der Waals surface area (Å²) in [6, 6.07) is 17.7. The second kappa shape index (κ2) is 6.71. The minimum absolute atomic E-state index is 0.0872. The van der Waals surface area contributed by atoms with Crippen molar-refractivity contribution in [3.05, 3.63) is 77.0 Å². The van der Waals surface area contributed by atoms with Gasteiger partial charge in [-0.2, -0.15) is 0 Å². The predicted octanol–water partition coefficient (Wildman–Crippen LogP) is 4.23. The fourth-order valence-electron chi connectivity index (χ4n) is 2.72. The third-order valence-electron chi connectivity index (χ3n) is 4.14. The van der Waals surface area contributed by atoms with Gasteiger partial charge in [-0.25, -0.2) is 0 Å². The van der Waals surface area contributed by atoms with Crippen LogP contribution in [0.25, 0.3) is 11.3 Å². The van der Waals surface area contributed by atoms with Gasteiger partial charge in [-0.15, -0.1) is 0 Å². The van der Waals surface area contributed by atoms with E-state index < -0.39 is 0 Å². The Morgan fingerprint density at radius 1 is 1.04 bits per heavy atom. The molecule has 0 spiro atoms. The lowest BCUT2D eigenvalue weighted by molar-refractivity contribution is 0.0784. The number of amides is 1. The van der Waals surface area contributed by atoms with E-state index >= 15 is 0 Å². The van der Waals surface area contributed by atoms with Crippen molar-refractivity contribution < 1.29 is 9.32 Å². The van der Waals surface area contributed by atoms with Crippen LogP contribution in [0.15, 0.2) is 59.1 Å². The molecule has 0 aliphatic carbocycles. The van der Waals surface area contributed by atoms with E-state index in [1.807, 2.05) is 61.5 Å². The minimum Gasteiger partial charge on any atom is -0.360 e. The Kier molecular flexibility index (Phi) is 4.47. The molecule has 0 saturated carbocycles. The Morgan fingerprint density at radius 2 is 1.71 bits per heavy atom. The second-order valence-electron chi connectivity index (χ2n) is 5.92. The summed E-state index contributed by atoms with van der Waals surface area (Å²) in [6.07, 6.45) is 0. The van der Waals surface area contributed by atoms with Gasteiger partial charge in [0, 0.05) is 19.2 Å². The van der Waals surface area contributed by atoms with Gasteiger partial charge in [-0.05, 0) is 25.0 Å². The standard InChI is InChI=1S/C20H20N2O2/c1-14-9-7-8-12-17(14)13-22(3)20(23)18-15(2)24-21-19(18)16-10-5-4-6-11-16/h4-12H,13H2,1-3H3. The van der Waals surface area contributed by atoms with Crippen LogP contribution in [-0.2, 0) is 6.54 Å². The molecule has 0 unspecified atom stereocenters. The van der Waals surface area contributed by atoms with Crippen molar-refractivity contribution in [2.24, 2.45) is 0 Å². The van der Waals surface area contributed by atoms with Crippen molar-refractivity contribution in [1.82, 2.24) is 10.1 Å². The van der Waals surface area contributed by atoms with Gasteiger partial charge in [-0.1, -0.05) is 59.8 Å². The first-order chi connectivity index (χ1) is 11.6. The summed E-state index contributed by atoms with van der Waals surface area (Å²) in [4.78, 5) is 14.7. The number of aryl methyl sites for hydroxylation is 2. The fraction of sp³-hybridized carbons (Fsp3) is 0.200. The topological polar surface area (TPSA) is 46.3 Å². The summed E-state index contributed by atoms with van der Waals surface area (Å²) in [5.74, 6) is 0.450. The number of benzene rings is 2. The molecule has 122 valence electrons. The first-order valence-corrected chi connectivity index (χ1v) is 7.89. The van der Waals surface area contributed by atoms with E-state index in [1.165, 1.54) is 5.56 Å².